The molecule has 1 saturated heterocycles. The second-order valence-electron chi connectivity index (χ2n) is 12.6. The molecule has 52 heavy (non-hydrogen) atoms. The summed E-state index contributed by atoms with van der Waals surface area (Å²) in [5.41, 5.74) is 3.48. The van der Waals surface area contributed by atoms with Crippen LogP contribution in [0.25, 0.3) is 11.1 Å². The maximum atomic E-state index is 13.9. The fourth-order valence-corrected chi connectivity index (χ4v) is 6.65. The molecule has 0 bridgehead atoms. The van der Waals surface area contributed by atoms with Crippen LogP contribution in [-0.4, -0.2) is 38.0 Å². The lowest BCUT2D eigenvalue weighted by atomic mass is 9.80. The van der Waals surface area contributed by atoms with Crippen LogP contribution < -0.4 is 10.2 Å². The third-order valence-electron chi connectivity index (χ3n) is 9.36. The van der Waals surface area contributed by atoms with E-state index in [1.165, 1.54) is 19.2 Å². The van der Waals surface area contributed by atoms with Gasteiger partial charge in [0.2, 0.25) is 6.10 Å². The summed E-state index contributed by atoms with van der Waals surface area (Å²) in [6.07, 6.45) is -4.23. The maximum absolute atomic E-state index is 13.9. The van der Waals surface area contributed by atoms with Crippen molar-refractivity contribution in [2.75, 3.05) is 30.4 Å². The number of halogens is 3. The molecule has 7 nitrogen and oxygen atoms in total. The Hall–Kier alpha value is -5.90. The van der Waals surface area contributed by atoms with Crippen molar-refractivity contribution in [2.24, 2.45) is 5.92 Å². The van der Waals surface area contributed by atoms with E-state index in [-0.39, 0.29) is 11.8 Å². The largest absolute Gasteiger partial charge is 0.466 e. The van der Waals surface area contributed by atoms with Gasteiger partial charge < -0.3 is 19.7 Å². The van der Waals surface area contributed by atoms with Gasteiger partial charge in [-0.25, -0.2) is 4.79 Å². The van der Waals surface area contributed by atoms with E-state index in [9.17, 15) is 27.6 Å². The third kappa shape index (κ3) is 8.34. The number of esters is 2. The van der Waals surface area contributed by atoms with Gasteiger partial charge in [-0.1, -0.05) is 91.0 Å². The summed E-state index contributed by atoms with van der Waals surface area (Å²) in [5, 5.41) is 2.90. The lowest BCUT2D eigenvalue weighted by Gasteiger charge is -2.37. The predicted octanol–water partition coefficient (Wildman–Crippen LogP) is 9.08. The van der Waals surface area contributed by atoms with Crippen LogP contribution in [0, 0.1) is 5.92 Å². The molecule has 2 atom stereocenters. The Bertz CT molecular complexity index is 1980. The normalized spacial score (nSPS) is 14.6. The molecule has 0 spiro atoms. The number of amides is 1. The average Bonchev–Trinajstić information content (AvgIpc) is 3.18. The first-order valence-corrected chi connectivity index (χ1v) is 16.9. The van der Waals surface area contributed by atoms with Crippen LogP contribution in [0.3, 0.4) is 0 Å². The van der Waals surface area contributed by atoms with Crippen LogP contribution in [0.5, 0.6) is 0 Å². The van der Waals surface area contributed by atoms with Gasteiger partial charge in [-0.2, -0.15) is 13.2 Å². The number of methoxy groups -OCH3 is 1. The Morgan fingerprint density at radius 3 is 1.88 bits per heavy atom. The predicted molar refractivity (Wildman–Crippen MR) is 193 cm³/mol. The highest BCUT2D eigenvalue weighted by molar-refractivity contribution is 6.08. The van der Waals surface area contributed by atoms with Gasteiger partial charge in [0.05, 0.1) is 18.6 Å². The van der Waals surface area contributed by atoms with E-state index in [0.717, 1.165) is 23.4 Å². The molecule has 266 valence electrons. The Morgan fingerprint density at radius 1 is 0.712 bits per heavy atom. The van der Waals surface area contributed by atoms with E-state index in [2.05, 4.69) is 10.2 Å². The molecule has 2 unspecified atom stereocenters. The molecule has 1 amide bonds. The van der Waals surface area contributed by atoms with E-state index in [4.69, 9.17) is 9.47 Å². The van der Waals surface area contributed by atoms with Crippen molar-refractivity contribution in [3.63, 3.8) is 0 Å². The SMILES string of the molecule is COC(=O)C(OC(=O)C(c1ccccc1)C1CCN(c2ccc(NC(=O)c3ccccc3-c3ccc(C(F)(F)F)cc3)cc2)CC1)c1ccccc1. The summed E-state index contributed by atoms with van der Waals surface area (Å²) in [7, 11) is 1.27. The molecule has 1 heterocycles. The van der Waals surface area contributed by atoms with Crippen LogP contribution in [0.1, 0.15) is 51.9 Å². The van der Waals surface area contributed by atoms with E-state index in [0.29, 0.717) is 53.9 Å². The lowest BCUT2D eigenvalue weighted by molar-refractivity contribution is -0.168. The molecule has 1 aliphatic heterocycles. The number of nitrogens with one attached hydrogen (secondary N) is 1. The molecular weight excluding hydrogens is 669 g/mol. The molecule has 1 fully saturated rings. The Kier molecular flexibility index (Phi) is 11.0. The van der Waals surface area contributed by atoms with Crippen LogP contribution in [0.15, 0.2) is 133 Å². The number of rotatable bonds is 10. The van der Waals surface area contributed by atoms with Gasteiger partial charge in [0.1, 0.15) is 0 Å². The van der Waals surface area contributed by atoms with E-state index in [1.54, 1.807) is 60.7 Å². The first kappa shape index (κ1) is 35.9. The lowest BCUT2D eigenvalue weighted by Crippen LogP contribution is -2.38. The van der Waals surface area contributed by atoms with Crippen molar-refractivity contribution in [2.45, 2.75) is 31.0 Å². The topological polar surface area (TPSA) is 84.9 Å². The maximum Gasteiger partial charge on any atom is 0.416 e. The number of alkyl halides is 3. The minimum atomic E-state index is -4.45. The number of piperidine rings is 1. The van der Waals surface area contributed by atoms with Crippen molar-refractivity contribution >= 4 is 29.2 Å². The van der Waals surface area contributed by atoms with Crippen molar-refractivity contribution < 1.29 is 37.0 Å². The number of nitrogens with zero attached hydrogens (tertiary/aromatic N) is 1. The van der Waals surface area contributed by atoms with E-state index >= 15 is 0 Å². The fourth-order valence-electron chi connectivity index (χ4n) is 6.65. The minimum absolute atomic E-state index is 0.0384. The summed E-state index contributed by atoms with van der Waals surface area (Å²) in [6.45, 7) is 1.35. The monoisotopic (exact) mass is 706 g/mol. The van der Waals surface area contributed by atoms with Crippen molar-refractivity contribution in [1.29, 1.82) is 0 Å². The first-order chi connectivity index (χ1) is 25.1. The van der Waals surface area contributed by atoms with Gasteiger partial charge in [0.15, 0.2) is 0 Å². The van der Waals surface area contributed by atoms with Gasteiger partial charge in [-0.3, -0.25) is 9.59 Å². The minimum Gasteiger partial charge on any atom is -0.466 e. The summed E-state index contributed by atoms with van der Waals surface area (Å²) < 4.78 is 50.1. The number of hydrogen-bond donors (Lipinski definition) is 1. The van der Waals surface area contributed by atoms with Gasteiger partial charge in [0.25, 0.3) is 5.91 Å². The summed E-state index contributed by atoms with van der Waals surface area (Å²) >= 11 is 0. The molecule has 5 aromatic carbocycles. The molecule has 1 aliphatic rings. The number of carbonyl (C=O) groups excluding carboxylic acids is 3. The fraction of sp³-hybridized carbons (Fsp3) is 0.214. The average molecular weight is 707 g/mol. The second-order valence-corrected chi connectivity index (χ2v) is 12.6. The number of carbonyl (C=O) groups is 3. The van der Waals surface area contributed by atoms with Gasteiger partial charge >= 0.3 is 18.1 Å². The zero-order chi connectivity index (χ0) is 36.7. The third-order valence-corrected chi connectivity index (χ3v) is 9.36. The molecular formula is C42H37F3N2O5. The Morgan fingerprint density at radius 2 is 1.29 bits per heavy atom. The van der Waals surface area contributed by atoms with Gasteiger partial charge in [-0.15, -0.1) is 0 Å². The van der Waals surface area contributed by atoms with Crippen LogP contribution >= 0.6 is 0 Å². The molecule has 0 aliphatic carbocycles. The zero-order valence-corrected chi connectivity index (χ0v) is 28.4. The molecule has 5 aromatic rings. The standard InChI is InChI=1S/C42H37F3N2O5/c1-51-41(50)38(31-12-6-3-7-13-31)52-40(49)37(29-10-4-2-5-11-29)30-24-26-47(27-25-30)34-22-20-33(21-23-34)46-39(48)36-15-9-8-14-35(36)28-16-18-32(19-17-28)42(43,44)45/h2-23,30,37-38H,24-27H2,1H3,(H,46,48). The highest BCUT2D eigenvalue weighted by atomic mass is 19.4. The highest BCUT2D eigenvalue weighted by Gasteiger charge is 2.37. The molecule has 0 saturated carbocycles. The summed E-state index contributed by atoms with van der Waals surface area (Å²) in [5.74, 6) is -2.14. The van der Waals surface area contributed by atoms with Crippen LogP contribution in [0.2, 0.25) is 0 Å². The van der Waals surface area contributed by atoms with Gasteiger partial charge in [0, 0.05) is 35.6 Å². The van der Waals surface area contributed by atoms with Crippen LogP contribution in [-0.2, 0) is 25.2 Å². The number of benzene rings is 5. The van der Waals surface area contributed by atoms with Crippen molar-refractivity contribution in [1.82, 2.24) is 0 Å². The van der Waals surface area contributed by atoms with E-state index in [1.807, 2.05) is 48.5 Å². The molecule has 10 heteroatoms. The molecule has 0 aromatic heterocycles. The molecule has 0 radical (unpaired) electrons. The smallest absolute Gasteiger partial charge is 0.416 e. The Labute approximate surface area is 300 Å². The Balaban J connectivity index is 1.11. The molecule has 1 N–H and O–H groups in total. The number of anilines is 2. The van der Waals surface area contributed by atoms with Crippen molar-refractivity contribution in [3.8, 4) is 11.1 Å². The van der Waals surface area contributed by atoms with E-state index < -0.39 is 35.7 Å². The number of hydrogen-bond acceptors (Lipinski definition) is 6. The highest BCUT2D eigenvalue weighted by Crippen LogP contribution is 2.37. The first-order valence-electron chi connectivity index (χ1n) is 16.9. The van der Waals surface area contributed by atoms with Gasteiger partial charge in [-0.05, 0) is 77.9 Å². The molecule has 6 rings (SSSR count). The van der Waals surface area contributed by atoms with Crippen molar-refractivity contribution in [3.05, 3.63) is 156 Å². The quantitative estimate of drug-likeness (QED) is 0.146. The zero-order valence-electron chi connectivity index (χ0n) is 28.4. The summed E-state index contributed by atoms with van der Waals surface area (Å²) in [6, 6.07) is 37.2. The number of ether oxygens (including phenoxy) is 2. The van der Waals surface area contributed by atoms with Crippen LogP contribution in [0.4, 0.5) is 24.5 Å². The second kappa shape index (κ2) is 16.0. The summed E-state index contributed by atoms with van der Waals surface area (Å²) in [4.78, 5) is 42.1.